The summed E-state index contributed by atoms with van der Waals surface area (Å²) in [5.41, 5.74) is -0.129. The van der Waals surface area contributed by atoms with Crippen molar-refractivity contribution < 1.29 is 14.1 Å². The van der Waals surface area contributed by atoms with Gasteiger partial charge in [-0.3, -0.25) is 9.59 Å². The quantitative estimate of drug-likeness (QED) is 0.843. The van der Waals surface area contributed by atoms with Gasteiger partial charge in [0.2, 0.25) is 5.89 Å². The molecule has 1 aliphatic heterocycles. The molecule has 23 heavy (non-hydrogen) atoms. The van der Waals surface area contributed by atoms with Crippen molar-refractivity contribution in [3.05, 3.63) is 39.9 Å². The summed E-state index contributed by atoms with van der Waals surface area (Å²) in [5, 5.41) is 10.5. The van der Waals surface area contributed by atoms with Crippen LogP contribution in [0, 0.1) is 0 Å². The molecule has 0 spiro atoms. The molecule has 2 aromatic heterocycles. The first-order valence-corrected chi connectivity index (χ1v) is 7.36. The minimum Gasteiger partial charge on any atom is -0.381 e. The maximum absolute atomic E-state index is 12.0. The van der Waals surface area contributed by atoms with Gasteiger partial charge in [0.15, 0.2) is 5.82 Å². The number of nitrogens with one attached hydrogen (secondary N) is 1. The maximum atomic E-state index is 12.0. The van der Waals surface area contributed by atoms with Gasteiger partial charge in [0.1, 0.15) is 5.69 Å². The van der Waals surface area contributed by atoms with E-state index in [1.54, 1.807) is 0 Å². The molecule has 122 valence electrons. The van der Waals surface area contributed by atoms with Crippen LogP contribution in [0.1, 0.15) is 41.0 Å². The molecule has 1 N–H and O–H groups in total. The van der Waals surface area contributed by atoms with Crippen LogP contribution in [0.5, 0.6) is 0 Å². The van der Waals surface area contributed by atoms with E-state index < -0.39 is 5.91 Å². The molecule has 0 unspecified atom stereocenters. The monoisotopic (exact) mass is 319 g/mol. The summed E-state index contributed by atoms with van der Waals surface area (Å²) in [6.07, 6.45) is 1.74. The Morgan fingerprint density at radius 2 is 2.17 bits per heavy atom. The fourth-order valence-electron chi connectivity index (χ4n) is 2.33. The minimum atomic E-state index is -0.411. The lowest BCUT2D eigenvalue weighted by Crippen LogP contribution is -2.28. The largest absolute Gasteiger partial charge is 0.381 e. The van der Waals surface area contributed by atoms with E-state index in [0.29, 0.717) is 24.9 Å². The van der Waals surface area contributed by atoms with Crippen LogP contribution in [-0.2, 0) is 18.3 Å². The first-order chi connectivity index (χ1) is 11.1. The Bertz CT molecular complexity index is 748. The Morgan fingerprint density at radius 1 is 1.39 bits per heavy atom. The number of aromatic nitrogens is 4. The number of nitrogens with zero attached hydrogens (tertiary/aromatic N) is 4. The number of ether oxygens (including phenoxy) is 1. The van der Waals surface area contributed by atoms with E-state index in [2.05, 4.69) is 20.6 Å². The molecule has 0 atom stereocenters. The summed E-state index contributed by atoms with van der Waals surface area (Å²) in [6, 6.07) is 2.66. The fraction of sp³-hybridized carbons (Fsp3) is 0.500. The van der Waals surface area contributed by atoms with Crippen molar-refractivity contribution in [1.82, 2.24) is 25.2 Å². The van der Waals surface area contributed by atoms with E-state index in [-0.39, 0.29) is 23.7 Å². The molecular formula is C14H17N5O4. The molecule has 0 saturated carbocycles. The molecule has 1 aliphatic rings. The van der Waals surface area contributed by atoms with Crippen LogP contribution < -0.4 is 10.9 Å². The van der Waals surface area contributed by atoms with E-state index in [1.165, 1.54) is 19.2 Å². The van der Waals surface area contributed by atoms with Crippen molar-refractivity contribution in [3.8, 4) is 0 Å². The van der Waals surface area contributed by atoms with Crippen molar-refractivity contribution in [2.45, 2.75) is 25.3 Å². The molecule has 1 fully saturated rings. The van der Waals surface area contributed by atoms with E-state index in [4.69, 9.17) is 9.26 Å². The third-order valence-electron chi connectivity index (χ3n) is 3.66. The third-order valence-corrected chi connectivity index (χ3v) is 3.66. The molecule has 0 aliphatic carbocycles. The molecular weight excluding hydrogens is 302 g/mol. The summed E-state index contributed by atoms with van der Waals surface area (Å²) in [5.74, 6) is 0.816. The number of carbonyl (C=O) groups excluding carboxylic acids is 1. The number of rotatable bonds is 4. The second-order valence-corrected chi connectivity index (χ2v) is 5.30. The standard InChI is InChI=1S/C14H17N5O4/c1-19-12(20)3-2-10(17-19)14(21)15-8-11-16-13(18-23-11)9-4-6-22-7-5-9/h2-3,9H,4-8H2,1H3,(H,15,21). The molecule has 9 nitrogen and oxygen atoms in total. The van der Waals surface area contributed by atoms with E-state index >= 15 is 0 Å². The van der Waals surface area contributed by atoms with Gasteiger partial charge in [-0.2, -0.15) is 10.1 Å². The highest BCUT2D eigenvalue weighted by Crippen LogP contribution is 2.24. The van der Waals surface area contributed by atoms with Crippen LogP contribution in [0.2, 0.25) is 0 Å². The first kappa shape index (κ1) is 15.3. The van der Waals surface area contributed by atoms with Gasteiger partial charge in [0.25, 0.3) is 11.5 Å². The molecule has 1 amide bonds. The van der Waals surface area contributed by atoms with Crippen LogP contribution in [0.3, 0.4) is 0 Å². The SMILES string of the molecule is Cn1nc(C(=O)NCc2nc(C3CCOCC3)no2)ccc1=O. The van der Waals surface area contributed by atoms with Crippen LogP contribution in [-0.4, -0.2) is 39.0 Å². The van der Waals surface area contributed by atoms with Gasteiger partial charge in [-0.15, -0.1) is 0 Å². The summed E-state index contributed by atoms with van der Waals surface area (Å²) in [4.78, 5) is 27.6. The van der Waals surface area contributed by atoms with Crippen LogP contribution in [0.15, 0.2) is 21.5 Å². The van der Waals surface area contributed by atoms with Crippen molar-refractivity contribution in [2.24, 2.45) is 7.05 Å². The van der Waals surface area contributed by atoms with Gasteiger partial charge in [-0.05, 0) is 18.9 Å². The first-order valence-electron chi connectivity index (χ1n) is 7.36. The van der Waals surface area contributed by atoms with Crippen LogP contribution in [0.25, 0.3) is 0 Å². The zero-order chi connectivity index (χ0) is 16.2. The summed E-state index contributed by atoms with van der Waals surface area (Å²) in [6.45, 7) is 1.51. The Balaban J connectivity index is 1.59. The highest BCUT2D eigenvalue weighted by molar-refractivity contribution is 5.91. The second-order valence-electron chi connectivity index (χ2n) is 5.30. The Labute approximate surface area is 131 Å². The number of aryl methyl sites for hydroxylation is 1. The Hall–Kier alpha value is -2.55. The van der Waals surface area contributed by atoms with E-state index in [0.717, 1.165) is 17.5 Å². The average molecular weight is 319 g/mol. The lowest BCUT2D eigenvalue weighted by atomic mass is 10.00. The highest BCUT2D eigenvalue weighted by Gasteiger charge is 2.21. The topological polar surface area (TPSA) is 112 Å². The predicted octanol–water partition coefficient (Wildman–Crippen LogP) is -0.0127. The Kier molecular flexibility index (Phi) is 4.47. The van der Waals surface area contributed by atoms with Gasteiger partial charge in [0.05, 0.1) is 6.54 Å². The van der Waals surface area contributed by atoms with Gasteiger partial charge >= 0.3 is 0 Å². The van der Waals surface area contributed by atoms with Gasteiger partial charge in [-0.1, -0.05) is 5.16 Å². The van der Waals surface area contributed by atoms with Gasteiger partial charge in [0, 0.05) is 32.2 Å². The van der Waals surface area contributed by atoms with E-state index in [9.17, 15) is 9.59 Å². The third kappa shape index (κ3) is 3.62. The normalized spacial score (nSPS) is 15.5. The van der Waals surface area contributed by atoms with Crippen molar-refractivity contribution in [1.29, 1.82) is 0 Å². The fourth-order valence-corrected chi connectivity index (χ4v) is 2.33. The summed E-state index contributed by atoms with van der Waals surface area (Å²) < 4.78 is 11.6. The van der Waals surface area contributed by atoms with Gasteiger partial charge in [-0.25, -0.2) is 4.68 Å². The lowest BCUT2D eigenvalue weighted by molar-refractivity contribution is 0.0830. The molecule has 0 radical (unpaired) electrons. The van der Waals surface area contributed by atoms with Crippen LogP contribution in [0.4, 0.5) is 0 Å². The van der Waals surface area contributed by atoms with Crippen molar-refractivity contribution in [3.63, 3.8) is 0 Å². The van der Waals surface area contributed by atoms with E-state index in [1.807, 2.05) is 0 Å². The van der Waals surface area contributed by atoms with Crippen LogP contribution >= 0.6 is 0 Å². The molecule has 0 bridgehead atoms. The minimum absolute atomic E-state index is 0.111. The molecule has 0 aromatic carbocycles. The number of carbonyl (C=O) groups is 1. The van der Waals surface area contributed by atoms with Crippen molar-refractivity contribution >= 4 is 5.91 Å². The number of hydrogen-bond acceptors (Lipinski definition) is 7. The zero-order valence-electron chi connectivity index (χ0n) is 12.7. The molecule has 3 rings (SSSR count). The predicted molar refractivity (Wildman–Crippen MR) is 77.7 cm³/mol. The Morgan fingerprint density at radius 3 is 2.91 bits per heavy atom. The molecule has 2 aromatic rings. The molecule has 1 saturated heterocycles. The highest BCUT2D eigenvalue weighted by atomic mass is 16.5. The van der Waals surface area contributed by atoms with Gasteiger partial charge < -0.3 is 14.6 Å². The summed E-state index contributed by atoms with van der Waals surface area (Å²) >= 11 is 0. The smallest absolute Gasteiger partial charge is 0.272 e. The average Bonchev–Trinajstić information content (AvgIpc) is 3.05. The maximum Gasteiger partial charge on any atom is 0.272 e. The number of hydrogen-bond donors (Lipinski definition) is 1. The second kappa shape index (κ2) is 6.69. The zero-order valence-corrected chi connectivity index (χ0v) is 12.7. The molecule has 3 heterocycles. The lowest BCUT2D eigenvalue weighted by Gasteiger charge is -2.18. The van der Waals surface area contributed by atoms with Crippen molar-refractivity contribution in [2.75, 3.05) is 13.2 Å². The summed E-state index contributed by atoms with van der Waals surface area (Å²) in [7, 11) is 1.48. The molecule has 9 heteroatoms. The number of amides is 1.